The molecule has 2 aliphatic rings. The van der Waals surface area contributed by atoms with Gasteiger partial charge in [0.05, 0.1) is 22.9 Å². The highest BCUT2D eigenvalue weighted by Gasteiger charge is 2.33. The van der Waals surface area contributed by atoms with Gasteiger partial charge in [0.1, 0.15) is 17.7 Å². The molecule has 5 rings (SSSR count). The molecule has 10 heteroatoms. The van der Waals surface area contributed by atoms with Gasteiger partial charge in [0.15, 0.2) is 11.6 Å². The number of nitrogens with zero attached hydrogens (tertiary/aromatic N) is 2. The molecule has 0 radical (unpaired) electrons. The van der Waals surface area contributed by atoms with Crippen molar-refractivity contribution in [1.29, 1.82) is 0 Å². The normalized spacial score (nSPS) is 17.7. The lowest BCUT2D eigenvalue weighted by Crippen LogP contribution is -2.41. The summed E-state index contributed by atoms with van der Waals surface area (Å²) < 4.78 is 27.1. The molecule has 2 aliphatic carbocycles. The highest BCUT2D eigenvalue weighted by Crippen LogP contribution is 2.39. The smallest absolute Gasteiger partial charge is 0.309 e. The summed E-state index contributed by atoms with van der Waals surface area (Å²) in [5, 5.41) is 5.85. The lowest BCUT2D eigenvalue weighted by molar-refractivity contribution is -0.161. The predicted molar refractivity (Wildman–Crippen MR) is 189 cm³/mol. The lowest BCUT2D eigenvalue weighted by atomic mass is 9.85. The van der Waals surface area contributed by atoms with Crippen LogP contribution in [0.1, 0.15) is 123 Å². The molecule has 9 nitrogen and oxygen atoms in total. The van der Waals surface area contributed by atoms with Gasteiger partial charge in [0, 0.05) is 31.1 Å². The molecule has 2 saturated carbocycles. The number of aromatic nitrogens is 1. The van der Waals surface area contributed by atoms with E-state index < -0.39 is 23.2 Å². The van der Waals surface area contributed by atoms with Crippen LogP contribution >= 0.6 is 0 Å². The third-order valence-electron chi connectivity index (χ3n) is 9.05. The maximum atomic E-state index is 16.0. The van der Waals surface area contributed by atoms with Crippen molar-refractivity contribution in [3.63, 3.8) is 0 Å². The van der Waals surface area contributed by atoms with Crippen molar-refractivity contribution in [2.45, 2.75) is 104 Å². The summed E-state index contributed by atoms with van der Waals surface area (Å²) in [5.41, 5.74) is 3.20. The molecular formula is C39H49FN4O5. The number of carbonyl (C=O) groups is 3. The molecule has 49 heavy (non-hydrogen) atoms. The molecule has 3 aromatic rings. The van der Waals surface area contributed by atoms with Crippen LogP contribution in [0, 0.1) is 18.7 Å². The summed E-state index contributed by atoms with van der Waals surface area (Å²) >= 11 is 0. The molecule has 0 aliphatic heterocycles. The Labute approximate surface area is 288 Å². The molecular weight excluding hydrogens is 623 g/mol. The molecule has 0 unspecified atom stereocenters. The van der Waals surface area contributed by atoms with E-state index in [4.69, 9.17) is 9.15 Å². The van der Waals surface area contributed by atoms with E-state index >= 15 is 4.39 Å². The largest absolute Gasteiger partial charge is 0.460 e. The first-order valence-corrected chi connectivity index (χ1v) is 17.5. The molecule has 1 aromatic heterocycles. The van der Waals surface area contributed by atoms with Crippen LogP contribution in [0.25, 0.3) is 5.57 Å². The summed E-state index contributed by atoms with van der Waals surface area (Å²) in [6.45, 7) is 15.0. The number of rotatable bonds is 13. The molecule has 2 fully saturated rings. The van der Waals surface area contributed by atoms with E-state index in [0.29, 0.717) is 50.4 Å². The van der Waals surface area contributed by atoms with Gasteiger partial charge in [-0.3, -0.25) is 14.4 Å². The Morgan fingerprint density at radius 2 is 1.82 bits per heavy atom. The summed E-state index contributed by atoms with van der Waals surface area (Å²) in [5.74, 6) is -1.70. The van der Waals surface area contributed by atoms with E-state index in [9.17, 15) is 14.4 Å². The van der Waals surface area contributed by atoms with Gasteiger partial charge >= 0.3 is 5.97 Å². The fraction of sp³-hybridized carbons (Fsp3) is 0.487. The second-order valence-corrected chi connectivity index (χ2v) is 14.4. The monoisotopic (exact) mass is 672 g/mol. The Hall–Kier alpha value is -4.47. The number of nitrogens with one attached hydrogen (secondary N) is 2. The molecule has 262 valence electrons. The SMILES string of the molecule is C=C(CCN(CCC)c1cc(F)c(C(=O)N[C@H]2CCC[C@H](C(=O)OC(C)(C)C)C2)cc1NC(=O)c1coc(C2CC2)n1)c1ccccc1C. The topological polar surface area (TPSA) is 114 Å². The minimum absolute atomic E-state index is 0.119. The second kappa shape index (κ2) is 15.4. The number of hydrogen-bond donors (Lipinski definition) is 2. The Morgan fingerprint density at radius 3 is 2.51 bits per heavy atom. The molecule has 2 amide bonds. The average Bonchev–Trinajstić information content (AvgIpc) is 3.78. The van der Waals surface area contributed by atoms with E-state index in [1.54, 1.807) is 0 Å². The zero-order valence-electron chi connectivity index (χ0n) is 29.4. The third-order valence-corrected chi connectivity index (χ3v) is 9.05. The van der Waals surface area contributed by atoms with Crippen LogP contribution in [0.4, 0.5) is 15.8 Å². The zero-order valence-corrected chi connectivity index (χ0v) is 29.4. The van der Waals surface area contributed by atoms with Crippen LogP contribution in [0.2, 0.25) is 0 Å². The standard InChI is InChI=1S/C39H49FN4O5/c1-7-18-44(19-17-25(3)29-14-9-8-11-24(29)2)34-22-31(40)30(21-32(34)42-36(46)33-23-48-37(43-33)26-15-16-26)35(45)41-28-13-10-12-27(20-28)38(47)49-39(4,5)6/h8-9,11,14,21-23,26-28H,3,7,10,12-13,15-20H2,1-2,4-6H3,(H,41,45)(H,42,46)/t27-,28-/m0/s1. The van der Waals surface area contributed by atoms with Crippen molar-refractivity contribution in [3.05, 3.63) is 83.3 Å². The molecule has 2 atom stereocenters. The first-order valence-electron chi connectivity index (χ1n) is 17.5. The third kappa shape index (κ3) is 9.37. The second-order valence-electron chi connectivity index (χ2n) is 14.4. The highest BCUT2D eigenvalue weighted by molar-refractivity contribution is 6.06. The number of halogens is 1. The number of anilines is 2. The number of amides is 2. The minimum atomic E-state index is -0.707. The van der Waals surface area contributed by atoms with Gasteiger partial charge in [-0.25, -0.2) is 9.37 Å². The molecule has 2 N–H and O–H groups in total. The number of esters is 1. The van der Waals surface area contributed by atoms with Crippen LogP contribution in [-0.4, -0.2) is 47.5 Å². The van der Waals surface area contributed by atoms with Crippen molar-refractivity contribution < 1.29 is 27.9 Å². The number of oxazole rings is 1. The van der Waals surface area contributed by atoms with Gasteiger partial charge in [-0.2, -0.15) is 0 Å². The maximum absolute atomic E-state index is 16.0. The molecule has 1 heterocycles. The van der Waals surface area contributed by atoms with E-state index in [1.165, 1.54) is 18.4 Å². The molecule has 2 aromatic carbocycles. The molecule has 0 bridgehead atoms. The van der Waals surface area contributed by atoms with Crippen LogP contribution in [-0.2, 0) is 9.53 Å². The Morgan fingerprint density at radius 1 is 1.06 bits per heavy atom. The van der Waals surface area contributed by atoms with Gasteiger partial charge in [-0.05, 0) is 95.4 Å². The van der Waals surface area contributed by atoms with Crippen LogP contribution < -0.4 is 15.5 Å². The fourth-order valence-electron chi connectivity index (χ4n) is 6.37. The van der Waals surface area contributed by atoms with Crippen molar-refractivity contribution in [2.75, 3.05) is 23.3 Å². The van der Waals surface area contributed by atoms with Gasteiger partial charge in [0.25, 0.3) is 11.8 Å². The van der Waals surface area contributed by atoms with Gasteiger partial charge < -0.3 is 24.7 Å². The fourth-order valence-corrected chi connectivity index (χ4v) is 6.37. The Balaban J connectivity index is 1.39. The van der Waals surface area contributed by atoms with Crippen LogP contribution in [0.5, 0.6) is 0 Å². The number of aryl methyl sites for hydroxylation is 1. The first-order chi connectivity index (χ1) is 23.3. The lowest BCUT2D eigenvalue weighted by Gasteiger charge is -2.31. The van der Waals surface area contributed by atoms with Gasteiger partial charge in [0.2, 0.25) is 0 Å². The van der Waals surface area contributed by atoms with Crippen LogP contribution in [0.15, 0.2) is 53.7 Å². The number of carbonyl (C=O) groups excluding carboxylic acids is 3. The Kier molecular flexibility index (Phi) is 11.3. The summed E-state index contributed by atoms with van der Waals surface area (Å²) in [6, 6.07) is 10.4. The highest BCUT2D eigenvalue weighted by atomic mass is 19.1. The first kappa shape index (κ1) is 35.8. The van der Waals surface area contributed by atoms with Gasteiger partial charge in [-0.15, -0.1) is 0 Å². The number of benzene rings is 2. The quantitative estimate of drug-likeness (QED) is 0.176. The summed E-state index contributed by atoms with van der Waals surface area (Å²) in [4.78, 5) is 46.2. The van der Waals surface area contributed by atoms with E-state index in [1.807, 2.05) is 63.8 Å². The van der Waals surface area contributed by atoms with Crippen molar-refractivity contribution in [2.24, 2.45) is 5.92 Å². The number of ether oxygens (including phenoxy) is 1. The average molecular weight is 673 g/mol. The maximum Gasteiger partial charge on any atom is 0.309 e. The van der Waals surface area contributed by atoms with Crippen molar-refractivity contribution >= 4 is 34.7 Å². The van der Waals surface area contributed by atoms with E-state index in [-0.39, 0.29) is 40.8 Å². The minimum Gasteiger partial charge on any atom is -0.460 e. The predicted octanol–water partition coefficient (Wildman–Crippen LogP) is 8.20. The van der Waals surface area contributed by atoms with Crippen molar-refractivity contribution in [3.8, 4) is 0 Å². The van der Waals surface area contributed by atoms with Crippen molar-refractivity contribution in [1.82, 2.24) is 10.3 Å². The van der Waals surface area contributed by atoms with Gasteiger partial charge in [-0.1, -0.05) is 44.2 Å². The Bertz CT molecular complexity index is 1690. The molecule has 0 spiro atoms. The summed E-state index contributed by atoms with van der Waals surface area (Å²) in [7, 11) is 0. The van der Waals surface area contributed by atoms with E-state index in [0.717, 1.165) is 42.4 Å². The van der Waals surface area contributed by atoms with Crippen LogP contribution in [0.3, 0.4) is 0 Å². The number of hydrogen-bond acceptors (Lipinski definition) is 7. The summed E-state index contributed by atoms with van der Waals surface area (Å²) in [6.07, 6.45) is 7.14. The zero-order chi connectivity index (χ0) is 35.3. The molecule has 0 saturated heterocycles. The van der Waals surface area contributed by atoms with E-state index in [2.05, 4.69) is 22.2 Å².